The zero-order chi connectivity index (χ0) is 19.0. The van der Waals surface area contributed by atoms with Crippen LogP contribution in [0.3, 0.4) is 0 Å². The van der Waals surface area contributed by atoms with Crippen LogP contribution in [0.25, 0.3) is 11.6 Å². The smallest absolute Gasteiger partial charge is 0.414 e. The molecule has 8 nitrogen and oxygen atoms in total. The Balaban J connectivity index is 1.45. The fourth-order valence-electron chi connectivity index (χ4n) is 3.37. The lowest BCUT2D eigenvalue weighted by Gasteiger charge is -2.14. The largest absolute Gasteiger partial charge is 0.442 e. The Kier molecular flexibility index (Phi) is 4.41. The summed E-state index contributed by atoms with van der Waals surface area (Å²) >= 11 is 0. The molecule has 1 atom stereocenters. The first-order valence-electron chi connectivity index (χ1n) is 8.74. The highest BCUT2D eigenvalue weighted by Crippen LogP contribution is 2.30. The first kappa shape index (κ1) is 17.3. The van der Waals surface area contributed by atoms with Crippen molar-refractivity contribution in [1.29, 1.82) is 0 Å². The normalized spacial score (nSPS) is 18.3. The van der Waals surface area contributed by atoms with E-state index in [0.717, 1.165) is 22.5 Å². The van der Waals surface area contributed by atoms with Crippen molar-refractivity contribution in [2.45, 2.75) is 26.2 Å². The number of rotatable bonds is 5. The quantitative estimate of drug-likeness (QED) is 0.831. The Morgan fingerprint density at radius 2 is 2.15 bits per heavy atom. The molecular formula is C19H20N4O4. The van der Waals surface area contributed by atoms with E-state index < -0.39 is 6.09 Å². The summed E-state index contributed by atoms with van der Waals surface area (Å²) in [6, 6.07) is 7.70. The van der Waals surface area contributed by atoms with E-state index in [-0.39, 0.29) is 18.6 Å². The number of hydrogen-bond donors (Lipinski definition) is 2. The van der Waals surface area contributed by atoms with Gasteiger partial charge in [0.25, 0.3) is 0 Å². The first-order valence-corrected chi connectivity index (χ1v) is 8.74. The Bertz CT molecular complexity index is 916. The van der Waals surface area contributed by atoms with Gasteiger partial charge in [-0.2, -0.15) is 0 Å². The summed E-state index contributed by atoms with van der Waals surface area (Å²) in [6.45, 7) is 2.72. The summed E-state index contributed by atoms with van der Waals surface area (Å²) in [5, 5.41) is 12.0. The summed E-state index contributed by atoms with van der Waals surface area (Å²) < 4.78 is 7.27. The van der Waals surface area contributed by atoms with Gasteiger partial charge in [-0.05, 0) is 29.3 Å². The van der Waals surface area contributed by atoms with Gasteiger partial charge in [0.05, 0.1) is 31.5 Å². The Morgan fingerprint density at radius 3 is 2.85 bits per heavy atom. The molecule has 0 unspecified atom stereocenters. The molecule has 4 rings (SSSR count). The Morgan fingerprint density at radius 1 is 1.37 bits per heavy atom. The molecular weight excluding hydrogens is 348 g/mol. The molecule has 1 fully saturated rings. The van der Waals surface area contributed by atoms with Crippen molar-refractivity contribution in [3.8, 4) is 0 Å². The van der Waals surface area contributed by atoms with Crippen LogP contribution in [0.1, 0.15) is 24.0 Å². The maximum atomic E-state index is 12.1. The number of benzene rings is 1. The molecule has 2 N–H and O–H groups in total. The molecule has 0 saturated carbocycles. The number of aliphatic hydroxyl groups excluding tert-OH is 1. The molecule has 0 spiro atoms. The monoisotopic (exact) mass is 368 g/mol. The van der Waals surface area contributed by atoms with Crippen molar-refractivity contribution in [2.24, 2.45) is 0 Å². The molecule has 0 aliphatic carbocycles. The minimum Gasteiger partial charge on any atom is -0.442 e. The third kappa shape index (κ3) is 3.31. The third-order valence-electron chi connectivity index (χ3n) is 4.76. The number of allylic oxidation sites excluding steroid dienone is 1. The number of nitrogens with one attached hydrogen (secondary N) is 1. The average molecular weight is 368 g/mol. The number of carbonyl (C=O) groups is 2. The highest BCUT2D eigenvalue weighted by atomic mass is 16.6. The molecule has 1 aromatic carbocycles. The number of imidazole rings is 1. The van der Waals surface area contributed by atoms with Crippen LogP contribution in [0.5, 0.6) is 0 Å². The van der Waals surface area contributed by atoms with Gasteiger partial charge in [-0.3, -0.25) is 9.69 Å². The molecule has 2 amide bonds. The SMILES string of the molecule is CC(=O)NC[C@H]1CN(c2ccc(C3=Cc4cnc(CO)n4C3)cc2)C(=O)O1. The van der Waals surface area contributed by atoms with E-state index in [4.69, 9.17) is 4.74 Å². The molecule has 2 aromatic rings. The van der Waals surface area contributed by atoms with Crippen LogP contribution in [0.4, 0.5) is 10.5 Å². The topological polar surface area (TPSA) is 96.7 Å². The molecule has 3 heterocycles. The van der Waals surface area contributed by atoms with Crippen molar-refractivity contribution < 1.29 is 19.4 Å². The number of hydrogen-bond acceptors (Lipinski definition) is 5. The number of nitrogens with zero attached hydrogens (tertiary/aromatic N) is 3. The zero-order valence-electron chi connectivity index (χ0n) is 14.9. The van der Waals surface area contributed by atoms with Crippen LogP contribution in [0.2, 0.25) is 0 Å². The molecule has 2 aliphatic rings. The summed E-state index contributed by atoms with van der Waals surface area (Å²) in [4.78, 5) is 28.9. The first-order chi connectivity index (χ1) is 13.0. The highest BCUT2D eigenvalue weighted by Gasteiger charge is 2.32. The lowest BCUT2D eigenvalue weighted by atomic mass is 10.1. The molecule has 27 heavy (non-hydrogen) atoms. The minimum absolute atomic E-state index is 0.0865. The van der Waals surface area contributed by atoms with Crippen LogP contribution in [0.15, 0.2) is 30.5 Å². The summed E-state index contributed by atoms with van der Waals surface area (Å²) in [5.74, 6) is 0.501. The van der Waals surface area contributed by atoms with Gasteiger partial charge >= 0.3 is 6.09 Å². The number of fused-ring (bicyclic) bond motifs is 1. The van der Waals surface area contributed by atoms with Gasteiger partial charge in [-0.25, -0.2) is 9.78 Å². The van der Waals surface area contributed by atoms with E-state index >= 15 is 0 Å². The van der Waals surface area contributed by atoms with Crippen LogP contribution < -0.4 is 10.2 Å². The average Bonchev–Trinajstić information content (AvgIpc) is 3.34. The molecule has 8 heteroatoms. The maximum absolute atomic E-state index is 12.1. The predicted molar refractivity (Wildman–Crippen MR) is 98.8 cm³/mol. The van der Waals surface area contributed by atoms with Crippen LogP contribution in [0, 0.1) is 0 Å². The molecule has 0 radical (unpaired) electrons. The van der Waals surface area contributed by atoms with Crippen LogP contribution in [-0.4, -0.2) is 45.9 Å². The standard InChI is InChI=1S/C19H20N4O4/c1-12(25)20-8-17-10-23(19(26)27-17)15-4-2-13(3-5-15)14-6-16-7-21-18(11-24)22(16)9-14/h2-7,17,24H,8-11H2,1H3,(H,20,25)/t17-/m0/s1. The van der Waals surface area contributed by atoms with E-state index in [1.54, 1.807) is 11.1 Å². The second-order valence-electron chi connectivity index (χ2n) is 6.61. The van der Waals surface area contributed by atoms with Gasteiger partial charge in [-0.1, -0.05) is 12.1 Å². The number of amides is 2. The van der Waals surface area contributed by atoms with Crippen molar-refractivity contribution in [2.75, 3.05) is 18.0 Å². The number of anilines is 1. The van der Waals surface area contributed by atoms with E-state index in [0.29, 0.717) is 25.5 Å². The molecule has 1 aromatic heterocycles. The predicted octanol–water partition coefficient (Wildman–Crippen LogP) is 1.39. The van der Waals surface area contributed by atoms with Gasteiger partial charge in [0, 0.05) is 12.6 Å². The van der Waals surface area contributed by atoms with Gasteiger partial charge < -0.3 is 19.7 Å². The van der Waals surface area contributed by atoms with Crippen LogP contribution in [-0.2, 0) is 22.7 Å². The number of carbonyl (C=O) groups excluding carboxylic acids is 2. The van der Waals surface area contributed by atoms with Crippen molar-refractivity contribution in [3.63, 3.8) is 0 Å². The van der Waals surface area contributed by atoms with Crippen molar-refractivity contribution in [3.05, 3.63) is 47.5 Å². The Labute approximate surface area is 156 Å². The van der Waals surface area contributed by atoms with Crippen molar-refractivity contribution in [1.82, 2.24) is 14.9 Å². The van der Waals surface area contributed by atoms with E-state index in [1.807, 2.05) is 28.8 Å². The van der Waals surface area contributed by atoms with Gasteiger partial charge in [-0.15, -0.1) is 0 Å². The Hall–Kier alpha value is -3.13. The summed E-state index contributed by atoms with van der Waals surface area (Å²) in [7, 11) is 0. The van der Waals surface area contributed by atoms with Gasteiger partial charge in [0.2, 0.25) is 5.91 Å². The van der Waals surface area contributed by atoms with E-state index in [1.165, 1.54) is 6.92 Å². The molecule has 0 bridgehead atoms. The second-order valence-corrected chi connectivity index (χ2v) is 6.61. The molecule has 1 saturated heterocycles. The number of ether oxygens (including phenoxy) is 1. The fraction of sp³-hybridized carbons (Fsp3) is 0.316. The summed E-state index contributed by atoms with van der Waals surface area (Å²) in [6.07, 6.45) is 3.04. The molecule has 2 aliphatic heterocycles. The minimum atomic E-state index is -0.409. The molecule has 140 valence electrons. The third-order valence-corrected chi connectivity index (χ3v) is 4.76. The number of aliphatic hydroxyl groups is 1. The highest BCUT2D eigenvalue weighted by molar-refractivity contribution is 5.90. The lowest BCUT2D eigenvalue weighted by Crippen LogP contribution is -2.33. The van der Waals surface area contributed by atoms with Crippen molar-refractivity contribution >= 4 is 29.3 Å². The second kappa shape index (κ2) is 6.88. The zero-order valence-corrected chi connectivity index (χ0v) is 14.9. The van der Waals surface area contributed by atoms with E-state index in [9.17, 15) is 14.7 Å². The lowest BCUT2D eigenvalue weighted by molar-refractivity contribution is -0.119. The van der Waals surface area contributed by atoms with E-state index in [2.05, 4.69) is 16.4 Å². The number of cyclic esters (lactones) is 1. The van der Waals surface area contributed by atoms with Crippen LogP contribution >= 0.6 is 0 Å². The number of aromatic nitrogens is 2. The fourth-order valence-corrected chi connectivity index (χ4v) is 3.37. The maximum Gasteiger partial charge on any atom is 0.414 e. The van der Waals surface area contributed by atoms with Gasteiger partial charge in [0.15, 0.2) is 0 Å². The van der Waals surface area contributed by atoms with Gasteiger partial charge in [0.1, 0.15) is 18.5 Å². The summed E-state index contributed by atoms with van der Waals surface area (Å²) in [5.41, 5.74) is 3.90.